The number of aromatic nitrogens is 3. The van der Waals surface area contributed by atoms with Gasteiger partial charge in [-0.3, -0.25) is 4.98 Å². The van der Waals surface area contributed by atoms with E-state index in [0.29, 0.717) is 0 Å². The first-order valence-electron chi connectivity index (χ1n) is 6.11. The molecule has 1 saturated heterocycles. The summed E-state index contributed by atoms with van der Waals surface area (Å²) in [6.07, 6.45) is 7.31. The van der Waals surface area contributed by atoms with Crippen LogP contribution in [0.2, 0.25) is 0 Å². The molecule has 0 aromatic carbocycles. The lowest BCUT2D eigenvalue weighted by molar-refractivity contribution is 0.580. The second-order valence-corrected chi connectivity index (χ2v) is 4.25. The summed E-state index contributed by atoms with van der Waals surface area (Å²) >= 11 is 0. The summed E-state index contributed by atoms with van der Waals surface area (Å²) in [6, 6.07) is 3.93. The molecule has 3 heterocycles. The average Bonchev–Trinajstić information content (AvgIpc) is 2.49. The summed E-state index contributed by atoms with van der Waals surface area (Å²) in [7, 11) is 0. The summed E-state index contributed by atoms with van der Waals surface area (Å²) in [6.45, 7) is 3.92. The minimum absolute atomic E-state index is 0.809. The van der Waals surface area contributed by atoms with Crippen molar-refractivity contribution in [1.82, 2.24) is 20.3 Å². The van der Waals surface area contributed by atoms with Gasteiger partial charge in [-0.05, 0) is 6.07 Å². The van der Waals surface area contributed by atoms with Crippen LogP contribution in [0.5, 0.6) is 0 Å². The number of hydrogen-bond donors (Lipinski definition) is 1. The van der Waals surface area contributed by atoms with Gasteiger partial charge in [-0.1, -0.05) is 6.07 Å². The van der Waals surface area contributed by atoms with Gasteiger partial charge in [0.2, 0.25) is 5.95 Å². The highest BCUT2D eigenvalue weighted by molar-refractivity contribution is 5.60. The smallest absolute Gasteiger partial charge is 0.225 e. The molecule has 1 aliphatic rings. The number of hydrogen-bond acceptors (Lipinski definition) is 5. The maximum atomic E-state index is 4.44. The molecule has 0 amide bonds. The fourth-order valence-electron chi connectivity index (χ4n) is 2.03. The zero-order valence-electron chi connectivity index (χ0n) is 10.1. The molecule has 3 rings (SSSR count). The zero-order chi connectivity index (χ0) is 12.2. The van der Waals surface area contributed by atoms with Crippen molar-refractivity contribution in [2.24, 2.45) is 0 Å². The van der Waals surface area contributed by atoms with Crippen molar-refractivity contribution in [3.63, 3.8) is 0 Å². The fraction of sp³-hybridized carbons (Fsp3) is 0.308. The fourth-order valence-corrected chi connectivity index (χ4v) is 2.03. The van der Waals surface area contributed by atoms with Gasteiger partial charge in [0, 0.05) is 62.1 Å². The average molecular weight is 241 g/mol. The number of pyridine rings is 1. The Hall–Kier alpha value is -2.01. The van der Waals surface area contributed by atoms with Crippen LogP contribution in [0.3, 0.4) is 0 Å². The van der Waals surface area contributed by atoms with Gasteiger partial charge in [0.25, 0.3) is 0 Å². The van der Waals surface area contributed by atoms with Crippen LogP contribution in [0.15, 0.2) is 36.9 Å². The second-order valence-electron chi connectivity index (χ2n) is 4.25. The monoisotopic (exact) mass is 241 g/mol. The molecule has 18 heavy (non-hydrogen) atoms. The van der Waals surface area contributed by atoms with Crippen molar-refractivity contribution in [1.29, 1.82) is 0 Å². The van der Waals surface area contributed by atoms with Gasteiger partial charge in [0.1, 0.15) is 0 Å². The molecule has 1 aliphatic heterocycles. The summed E-state index contributed by atoms with van der Waals surface area (Å²) in [5.41, 5.74) is 2.05. The third-order valence-electron chi connectivity index (χ3n) is 3.03. The van der Waals surface area contributed by atoms with E-state index in [1.807, 2.05) is 30.7 Å². The van der Waals surface area contributed by atoms with E-state index >= 15 is 0 Å². The Kier molecular flexibility index (Phi) is 3.14. The maximum absolute atomic E-state index is 4.44. The molecule has 5 heteroatoms. The second kappa shape index (κ2) is 5.10. The van der Waals surface area contributed by atoms with Crippen LogP contribution in [-0.4, -0.2) is 41.1 Å². The molecule has 92 valence electrons. The third-order valence-corrected chi connectivity index (χ3v) is 3.03. The Morgan fingerprint density at radius 2 is 1.78 bits per heavy atom. The molecule has 2 aromatic rings. The first-order valence-corrected chi connectivity index (χ1v) is 6.11. The van der Waals surface area contributed by atoms with Crippen molar-refractivity contribution in [2.75, 3.05) is 31.1 Å². The van der Waals surface area contributed by atoms with E-state index in [1.54, 1.807) is 6.20 Å². The minimum Gasteiger partial charge on any atom is -0.338 e. The van der Waals surface area contributed by atoms with Gasteiger partial charge in [-0.25, -0.2) is 9.97 Å². The predicted octanol–water partition coefficient (Wildman–Crippen LogP) is 0.948. The molecule has 1 N–H and O–H groups in total. The lowest BCUT2D eigenvalue weighted by Crippen LogP contribution is -2.44. The largest absolute Gasteiger partial charge is 0.338 e. The molecular formula is C13H15N5. The van der Waals surface area contributed by atoms with Crippen LogP contribution in [0.1, 0.15) is 0 Å². The highest BCUT2D eigenvalue weighted by Gasteiger charge is 2.12. The molecule has 0 bridgehead atoms. The number of anilines is 1. The third kappa shape index (κ3) is 2.31. The molecule has 5 nitrogen and oxygen atoms in total. The normalized spacial score (nSPS) is 15.7. The summed E-state index contributed by atoms with van der Waals surface area (Å²) < 4.78 is 0. The van der Waals surface area contributed by atoms with Crippen LogP contribution < -0.4 is 10.2 Å². The molecule has 0 atom stereocenters. The van der Waals surface area contributed by atoms with E-state index in [2.05, 4.69) is 25.2 Å². The van der Waals surface area contributed by atoms with E-state index in [9.17, 15) is 0 Å². The Morgan fingerprint density at radius 1 is 1.00 bits per heavy atom. The first kappa shape index (κ1) is 11.1. The topological polar surface area (TPSA) is 53.9 Å². The lowest BCUT2D eigenvalue weighted by Gasteiger charge is -2.27. The van der Waals surface area contributed by atoms with Gasteiger partial charge in [-0.2, -0.15) is 0 Å². The Labute approximate surface area is 106 Å². The van der Waals surface area contributed by atoms with Gasteiger partial charge < -0.3 is 10.2 Å². The molecule has 0 aliphatic carbocycles. The molecule has 0 radical (unpaired) electrons. The summed E-state index contributed by atoms with van der Waals surface area (Å²) in [5, 5.41) is 3.32. The molecular weight excluding hydrogens is 226 g/mol. The highest BCUT2D eigenvalue weighted by atomic mass is 15.3. The zero-order valence-corrected chi connectivity index (χ0v) is 10.1. The van der Waals surface area contributed by atoms with Gasteiger partial charge in [0.05, 0.1) is 0 Å². The quantitative estimate of drug-likeness (QED) is 0.848. The van der Waals surface area contributed by atoms with Gasteiger partial charge in [-0.15, -0.1) is 0 Å². The summed E-state index contributed by atoms with van der Waals surface area (Å²) in [4.78, 5) is 15.2. The molecule has 0 unspecified atom stereocenters. The van der Waals surface area contributed by atoms with Crippen molar-refractivity contribution >= 4 is 5.95 Å². The van der Waals surface area contributed by atoms with Crippen LogP contribution in [-0.2, 0) is 0 Å². The maximum Gasteiger partial charge on any atom is 0.225 e. The standard InChI is InChI=1S/C13H15N5/c1-2-11(8-15-3-1)12-9-16-13(17-10-12)18-6-4-14-5-7-18/h1-3,8-10,14H,4-7H2. The number of nitrogens with one attached hydrogen (secondary N) is 1. The van der Waals surface area contributed by atoms with E-state index in [0.717, 1.165) is 43.3 Å². The number of nitrogens with zero attached hydrogens (tertiary/aromatic N) is 4. The van der Waals surface area contributed by atoms with Crippen LogP contribution in [0.4, 0.5) is 5.95 Å². The Balaban J connectivity index is 1.80. The first-order chi connectivity index (χ1) is 8.93. The highest BCUT2D eigenvalue weighted by Crippen LogP contribution is 2.17. The SMILES string of the molecule is c1cncc(-c2cnc(N3CCNCC3)nc2)c1. The lowest BCUT2D eigenvalue weighted by atomic mass is 10.2. The Morgan fingerprint density at radius 3 is 2.44 bits per heavy atom. The van der Waals surface area contributed by atoms with Crippen LogP contribution in [0, 0.1) is 0 Å². The van der Waals surface area contributed by atoms with Crippen molar-refractivity contribution in [2.45, 2.75) is 0 Å². The molecule has 0 saturated carbocycles. The van der Waals surface area contributed by atoms with E-state index in [1.165, 1.54) is 0 Å². The minimum atomic E-state index is 0.809. The van der Waals surface area contributed by atoms with Crippen molar-refractivity contribution < 1.29 is 0 Å². The van der Waals surface area contributed by atoms with E-state index < -0.39 is 0 Å². The Bertz CT molecular complexity index is 491. The van der Waals surface area contributed by atoms with Crippen LogP contribution >= 0.6 is 0 Å². The molecule has 2 aromatic heterocycles. The molecule has 1 fully saturated rings. The number of piperazine rings is 1. The van der Waals surface area contributed by atoms with Gasteiger partial charge >= 0.3 is 0 Å². The summed E-state index contributed by atoms with van der Waals surface area (Å²) in [5.74, 6) is 0.809. The predicted molar refractivity (Wildman–Crippen MR) is 70.3 cm³/mol. The van der Waals surface area contributed by atoms with E-state index in [-0.39, 0.29) is 0 Å². The van der Waals surface area contributed by atoms with E-state index in [4.69, 9.17) is 0 Å². The van der Waals surface area contributed by atoms with Crippen molar-refractivity contribution in [3.8, 4) is 11.1 Å². The van der Waals surface area contributed by atoms with Crippen LogP contribution in [0.25, 0.3) is 11.1 Å². The van der Waals surface area contributed by atoms with Gasteiger partial charge in [0.15, 0.2) is 0 Å². The number of rotatable bonds is 2. The molecule has 0 spiro atoms. The van der Waals surface area contributed by atoms with Crippen molar-refractivity contribution in [3.05, 3.63) is 36.9 Å².